The molecule has 2 aromatic rings. The first-order valence-corrected chi connectivity index (χ1v) is 7.04. The Hall–Kier alpha value is -1.70. The highest BCUT2D eigenvalue weighted by Gasteiger charge is 2.04. The number of fused-ring (bicyclic) bond motifs is 1. The Kier molecular flexibility index (Phi) is 4.67. The van der Waals surface area contributed by atoms with Crippen LogP contribution in [0.3, 0.4) is 0 Å². The molecule has 0 amide bonds. The molecule has 0 radical (unpaired) electrons. The molecule has 0 fully saturated rings. The first-order chi connectivity index (χ1) is 9.24. The monoisotopic (exact) mass is 258 g/mol. The number of aryl methyl sites for hydroxylation is 1. The standard InChI is InChI=1S/C17H22O2/c1-4-8-18-16-7-6-14-10-13(3)17(19-9-5-2)12-15(14)11-16/h6-7,10-12H,4-5,8-9H2,1-3H3. The summed E-state index contributed by atoms with van der Waals surface area (Å²) in [6.45, 7) is 7.84. The van der Waals surface area contributed by atoms with E-state index in [0.717, 1.165) is 37.6 Å². The minimum atomic E-state index is 0.760. The summed E-state index contributed by atoms with van der Waals surface area (Å²) in [5, 5.41) is 2.40. The fraction of sp³-hybridized carbons (Fsp3) is 0.412. The van der Waals surface area contributed by atoms with Gasteiger partial charge < -0.3 is 9.47 Å². The Balaban J connectivity index is 2.31. The minimum Gasteiger partial charge on any atom is -0.494 e. The third-order valence-corrected chi connectivity index (χ3v) is 3.04. The number of benzene rings is 2. The van der Waals surface area contributed by atoms with Gasteiger partial charge in [0.1, 0.15) is 11.5 Å². The minimum absolute atomic E-state index is 0.760. The fourth-order valence-corrected chi connectivity index (χ4v) is 2.05. The molecule has 0 aromatic heterocycles. The highest BCUT2D eigenvalue weighted by atomic mass is 16.5. The predicted octanol–water partition coefficient (Wildman–Crippen LogP) is 4.73. The van der Waals surface area contributed by atoms with Crippen molar-refractivity contribution in [1.29, 1.82) is 0 Å². The molecule has 2 aromatic carbocycles. The Bertz CT molecular complexity index is 546. The van der Waals surface area contributed by atoms with Gasteiger partial charge in [-0.15, -0.1) is 0 Å². The molecule has 0 unspecified atom stereocenters. The van der Waals surface area contributed by atoms with Crippen LogP contribution < -0.4 is 9.47 Å². The molecule has 102 valence electrons. The van der Waals surface area contributed by atoms with Crippen molar-refractivity contribution in [2.45, 2.75) is 33.6 Å². The quantitative estimate of drug-likeness (QED) is 0.746. The van der Waals surface area contributed by atoms with Crippen LogP contribution in [0.25, 0.3) is 10.8 Å². The maximum Gasteiger partial charge on any atom is 0.122 e. The van der Waals surface area contributed by atoms with Crippen LogP contribution >= 0.6 is 0 Å². The second-order valence-electron chi connectivity index (χ2n) is 4.82. The molecule has 0 saturated heterocycles. The van der Waals surface area contributed by atoms with Crippen LogP contribution in [0.1, 0.15) is 32.3 Å². The van der Waals surface area contributed by atoms with E-state index in [9.17, 15) is 0 Å². The van der Waals surface area contributed by atoms with Crippen molar-refractivity contribution < 1.29 is 9.47 Å². The van der Waals surface area contributed by atoms with E-state index >= 15 is 0 Å². The Morgan fingerprint density at radius 2 is 1.58 bits per heavy atom. The molecular formula is C17H22O2. The average Bonchev–Trinajstić information content (AvgIpc) is 2.43. The summed E-state index contributed by atoms with van der Waals surface area (Å²) in [6.07, 6.45) is 2.05. The van der Waals surface area contributed by atoms with Gasteiger partial charge in [0, 0.05) is 0 Å². The van der Waals surface area contributed by atoms with Crippen LogP contribution in [0.15, 0.2) is 30.3 Å². The number of ether oxygens (including phenoxy) is 2. The molecule has 0 atom stereocenters. The van der Waals surface area contributed by atoms with Gasteiger partial charge in [-0.2, -0.15) is 0 Å². The van der Waals surface area contributed by atoms with Crippen molar-refractivity contribution in [3.63, 3.8) is 0 Å². The van der Waals surface area contributed by atoms with Gasteiger partial charge in [-0.25, -0.2) is 0 Å². The lowest BCUT2D eigenvalue weighted by Crippen LogP contribution is -1.97. The third kappa shape index (κ3) is 3.40. The Morgan fingerprint density at radius 3 is 2.32 bits per heavy atom. The van der Waals surface area contributed by atoms with Gasteiger partial charge in [-0.3, -0.25) is 0 Å². The van der Waals surface area contributed by atoms with E-state index in [1.165, 1.54) is 16.3 Å². The smallest absolute Gasteiger partial charge is 0.122 e. The van der Waals surface area contributed by atoms with Gasteiger partial charge in [0.25, 0.3) is 0 Å². The molecule has 2 heteroatoms. The van der Waals surface area contributed by atoms with E-state index in [2.05, 4.69) is 45.0 Å². The first kappa shape index (κ1) is 13.7. The van der Waals surface area contributed by atoms with Crippen molar-refractivity contribution in [2.75, 3.05) is 13.2 Å². The molecule has 0 aliphatic rings. The maximum atomic E-state index is 5.77. The second kappa shape index (κ2) is 6.46. The second-order valence-corrected chi connectivity index (χ2v) is 4.82. The van der Waals surface area contributed by atoms with E-state index in [-0.39, 0.29) is 0 Å². The van der Waals surface area contributed by atoms with E-state index < -0.39 is 0 Å². The third-order valence-electron chi connectivity index (χ3n) is 3.04. The van der Waals surface area contributed by atoms with Gasteiger partial charge in [0.05, 0.1) is 13.2 Å². The largest absolute Gasteiger partial charge is 0.494 e. The highest BCUT2D eigenvalue weighted by molar-refractivity contribution is 5.86. The van der Waals surface area contributed by atoms with Crippen LogP contribution in [-0.2, 0) is 0 Å². The summed E-state index contributed by atoms with van der Waals surface area (Å²) in [5.74, 6) is 1.90. The number of rotatable bonds is 6. The lowest BCUT2D eigenvalue weighted by molar-refractivity contribution is 0.315. The molecule has 0 heterocycles. The summed E-state index contributed by atoms with van der Waals surface area (Å²) in [4.78, 5) is 0. The van der Waals surface area contributed by atoms with Gasteiger partial charge in [-0.05, 0) is 60.4 Å². The lowest BCUT2D eigenvalue weighted by atomic mass is 10.1. The van der Waals surface area contributed by atoms with Crippen LogP contribution in [0.4, 0.5) is 0 Å². The molecular weight excluding hydrogens is 236 g/mol. The Labute approximate surface area is 115 Å². The van der Waals surface area contributed by atoms with E-state index in [1.807, 2.05) is 6.07 Å². The lowest BCUT2D eigenvalue weighted by Gasteiger charge is -2.11. The van der Waals surface area contributed by atoms with Crippen molar-refractivity contribution in [2.24, 2.45) is 0 Å². The Morgan fingerprint density at radius 1 is 0.842 bits per heavy atom. The number of hydrogen-bond acceptors (Lipinski definition) is 2. The molecule has 0 N–H and O–H groups in total. The van der Waals surface area contributed by atoms with Crippen LogP contribution in [0.5, 0.6) is 11.5 Å². The van der Waals surface area contributed by atoms with Gasteiger partial charge in [0.2, 0.25) is 0 Å². The zero-order valence-corrected chi connectivity index (χ0v) is 12.0. The predicted molar refractivity (Wildman–Crippen MR) is 80.3 cm³/mol. The zero-order chi connectivity index (χ0) is 13.7. The summed E-state index contributed by atoms with van der Waals surface area (Å²) >= 11 is 0. The molecule has 2 rings (SSSR count). The first-order valence-electron chi connectivity index (χ1n) is 7.04. The zero-order valence-electron chi connectivity index (χ0n) is 12.0. The molecule has 0 aliphatic carbocycles. The summed E-state index contributed by atoms with van der Waals surface area (Å²) in [7, 11) is 0. The summed E-state index contributed by atoms with van der Waals surface area (Å²) in [5.41, 5.74) is 1.18. The van der Waals surface area contributed by atoms with Crippen molar-refractivity contribution in [1.82, 2.24) is 0 Å². The molecule has 0 spiro atoms. The van der Waals surface area contributed by atoms with E-state index in [4.69, 9.17) is 9.47 Å². The van der Waals surface area contributed by atoms with Crippen molar-refractivity contribution >= 4 is 10.8 Å². The SMILES string of the molecule is CCCOc1ccc2cc(C)c(OCCC)cc2c1. The van der Waals surface area contributed by atoms with Gasteiger partial charge in [0.15, 0.2) is 0 Å². The van der Waals surface area contributed by atoms with Crippen LogP contribution in [0.2, 0.25) is 0 Å². The maximum absolute atomic E-state index is 5.77. The fourth-order valence-electron chi connectivity index (χ4n) is 2.05. The van der Waals surface area contributed by atoms with Crippen molar-refractivity contribution in [3.05, 3.63) is 35.9 Å². The normalized spacial score (nSPS) is 10.7. The van der Waals surface area contributed by atoms with Crippen molar-refractivity contribution in [3.8, 4) is 11.5 Å². The average molecular weight is 258 g/mol. The van der Waals surface area contributed by atoms with E-state index in [0.29, 0.717) is 0 Å². The number of hydrogen-bond donors (Lipinski definition) is 0. The topological polar surface area (TPSA) is 18.5 Å². The highest BCUT2D eigenvalue weighted by Crippen LogP contribution is 2.28. The molecule has 2 nitrogen and oxygen atoms in total. The van der Waals surface area contributed by atoms with Crippen LogP contribution in [0, 0.1) is 6.92 Å². The molecule has 0 saturated carbocycles. The molecule has 19 heavy (non-hydrogen) atoms. The molecule has 0 bridgehead atoms. The van der Waals surface area contributed by atoms with Gasteiger partial charge >= 0.3 is 0 Å². The van der Waals surface area contributed by atoms with E-state index in [1.54, 1.807) is 0 Å². The molecule has 0 aliphatic heterocycles. The summed E-state index contributed by atoms with van der Waals surface area (Å²) < 4.78 is 11.4. The summed E-state index contributed by atoms with van der Waals surface area (Å²) in [6, 6.07) is 10.5. The van der Waals surface area contributed by atoms with Crippen LogP contribution in [-0.4, -0.2) is 13.2 Å². The van der Waals surface area contributed by atoms with Gasteiger partial charge in [-0.1, -0.05) is 19.9 Å².